The molecule has 1 fully saturated rings. The van der Waals surface area contributed by atoms with Gasteiger partial charge in [-0.2, -0.15) is 0 Å². The van der Waals surface area contributed by atoms with Gasteiger partial charge in [-0.1, -0.05) is 12.2 Å². The van der Waals surface area contributed by atoms with Crippen molar-refractivity contribution in [3.8, 4) is 0 Å². The SMILES string of the molecule is CC(C)(C)OC(=O)N1C=C(/C=C/C2CCNC2)C=NC1. The van der Waals surface area contributed by atoms with E-state index in [0.717, 1.165) is 25.1 Å². The summed E-state index contributed by atoms with van der Waals surface area (Å²) in [5.74, 6) is 0.571. The molecule has 110 valence electrons. The third kappa shape index (κ3) is 4.49. The molecule has 0 bridgehead atoms. The smallest absolute Gasteiger partial charge is 0.415 e. The Hall–Kier alpha value is -1.62. The lowest BCUT2D eigenvalue weighted by molar-refractivity contribution is 0.0337. The van der Waals surface area contributed by atoms with E-state index in [0.29, 0.717) is 12.6 Å². The maximum Gasteiger partial charge on any atom is 0.415 e. The number of rotatable bonds is 2. The van der Waals surface area contributed by atoms with Gasteiger partial charge in [0, 0.05) is 24.5 Å². The normalized spacial score (nSPS) is 23.2. The van der Waals surface area contributed by atoms with Crippen molar-refractivity contribution in [1.29, 1.82) is 0 Å². The van der Waals surface area contributed by atoms with Gasteiger partial charge in [0.2, 0.25) is 0 Å². The second-order valence-electron chi connectivity index (χ2n) is 6.14. The molecule has 1 atom stereocenters. The molecule has 2 heterocycles. The zero-order valence-electron chi connectivity index (χ0n) is 12.4. The molecule has 5 nitrogen and oxygen atoms in total. The molecule has 0 saturated carbocycles. The monoisotopic (exact) mass is 277 g/mol. The number of carbonyl (C=O) groups excluding carboxylic acids is 1. The Balaban J connectivity index is 1.96. The average Bonchev–Trinajstić information content (AvgIpc) is 2.88. The molecule has 0 aromatic rings. The molecular formula is C15H23N3O2. The summed E-state index contributed by atoms with van der Waals surface area (Å²) in [6, 6.07) is 0. The molecule has 0 radical (unpaired) electrons. The van der Waals surface area contributed by atoms with Gasteiger partial charge in [-0.25, -0.2) is 4.79 Å². The summed E-state index contributed by atoms with van der Waals surface area (Å²) >= 11 is 0. The topological polar surface area (TPSA) is 53.9 Å². The van der Waals surface area contributed by atoms with E-state index in [-0.39, 0.29) is 6.09 Å². The van der Waals surface area contributed by atoms with E-state index in [2.05, 4.69) is 16.4 Å². The molecule has 1 unspecified atom stereocenters. The predicted octanol–water partition coefficient (Wildman–Crippen LogP) is 2.32. The van der Waals surface area contributed by atoms with E-state index in [1.54, 1.807) is 12.4 Å². The standard InChI is InChI=1S/C15H23N3O2/c1-15(2,3)20-14(19)18-10-13(9-17-11-18)5-4-12-6-7-16-8-12/h4-5,9-10,12,16H,6-8,11H2,1-3H3/b5-4+. The Labute approximate surface area is 120 Å². The van der Waals surface area contributed by atoms with Gasteiger partial charge < -0.3 is 10.1 Å². The summed E-state index contributed by atoms with van der Waals surface area (Å²) in [5.41, 5.74) is 0.437. The van der Waals surface area contributed by atoms with Crippen LogP contribution in [-0.2, 0) is 4.74 Å². The Morgan fingerprint density at radius 1 is 1.55 bits per heavy atom. The van der Waals surface area contributed by atoms with Crippen LogP contribution in [-0.4, -0.2) is 42.6 Å². The highest BCUT2D eigenvalue weighted by atomic mass is 16.6. The maximum absolute atomic E-state index is 12.0. The van der Waals surface area contributed by atoms with Gasteiger partial charge in [0.15, 0.2) is 0 Å². The number of ether oxygens (including phenoxy) is 1. The first-order valence-electron chi connectivity index (χ1n) is 7.04. The molecule has 0 spiro atoms. The van der Waals surface area contributed by atoms with Crippen LogP contribution in [0.1, 0.15) is 27.2 Å². The molecule has 2 rings (SSSR count). The first kappa shape index (κ1) is 14.8. The molecule has 1 amide bonds. The molecule has 1 saturated heterocycles. The highest BCUT2D eigenvalue weighted by Crippen LogP contribution is 2.14. The van der Waals surface area contributed by atoms with Crippen molar-refractivity contribution in [2.45, 2.75) is 32.8 Å². The number of aliphatic imine (C=N–C) groups is 1. The summed E-state index contributed by atoms with van der Waals surface area (Å²) in [7, 11) is 0. The van der Waals surface area contributed by atoms with E-state index in [4.69, 9.17) is 4.74 Å². The van der Waals surface area contributed by atoms with Crippen LogP contribution in [0.4, 0.5) is 4.79 Å². The van der Waals surface area contributed by atoms with Crippen LogP contribution >= 0.6 is 0 Å². The van der Waals surface area contributed by atoms with Crippen LogP contribution in [0.15, 0.2) is 28.9 Å². The second kappa shape index (κ2) is 6.22. The zero-order chi connectivity index (χ0) is 14.6. The molecular weight excluding hydrogens is 254 g/mol. The maximum atomic E-state index is 12.0. The van der Waals surface area contributed by atoms with Crippen molar-refractivity contribution >= 4 is 12.3 Å². The number of carbonyl (C=O) groups is 1. The number of nitrogens with one attached hydrogen (secondary N) is 1. The van der Waals surface area contributed by atoms with E-state index in [1.807, 2.05) is 26.8 Å². The number of hydrogen-bond acceptors (Lipinski definition) is 4. The second-order valence-corrected chi connectivity index (χ2v) is 6.14. The highest BCUT2D eigenvalue weighted by molar-refractivity contribution is 5.84. The van der Waals surface area contributed by atoms with Gasteiger partial charge in [-0.05, 0) is 39.7 Å². The van der Waals surface area contributed by atoms with E-state index in [9.17, 15) is 4.79 Å². The first-order valence-corrected chi connectivity index (χ1v) is 7.04. The van der Waals surface area contributed by atoms with Crippen molar-refractivity contribution < 1.29 is 9.53 Å². The van der Waals surface area contributed by atoms with E-state index < -0.39 is 5.60 Å². The van der Waals surface area contributed by atoms with Gasteiger partial charge in [-0.15, -0.1) is 0 Å². The zero-order valence-corrected chi connectivity index (χ0v) is 12.4. The predicted molar refractivity (Wildman–Crippen MR) is 79.6 cm³/mol. The average molecular weight is 277 g/mol. The van der Waals surface area contributed by atoms with Gasteiger partial charge in [0.25, 0.3) is 0 Å². The highest BCUT2D eigenvalue weighted by Gasteiger charge is 2.21. The summed E-state index contributed by atoms with van der Waals surface area (Å²) < 4.78 is 5.34. The lowest BCUT2D eigenvalue weighted by atomic mass is 10.1. The van der Waals surface area contributed by atoms with Gasteiger partial charge in [0.1, 0.15) is 12.3 Å². The lowest BCUT2D eigenvalue weighted by Crippen LogP contribution is -2.35. The van der Waals surface area contributed by atoms with Crippen molar-refractivity contribution in [1.82, 2.24) is 10.2 Å². The van der Waals surface area contributed by atoms with Gasteiger partial charge in [0.05, 0.1) is 0 Å². The van der Waals surface area contributed by atoms with Crippen molar-refractivity contribution in [2.75, 3.05) is 19.8 Å². The van der Waals surface area contributed by atoms with E-state index in [1.165, 1.54) is 4.90 Å². The van der Waals surface area contributed by atoms with Crippen molar-refractivity contribution in [2.24, 2.45) is 10.9 Å². The molecule has 0 aromatic heterocycles. The van der Waals surface area contributed by atoms with Crippen LogP contribution in [0, 0.1) is 5.92 Å². The van der Waals surface area contributed by atoms with Crippen molar-refractivity contribution in [3.63, 3.8) is 0 Å². The van der Waals surface area contributed by atoms with Crippen LogP contribution in [0.3, 0.4) is 0 Å². The fourth-order valence-corrected chi connectivity index (χ4v) is 2.09. The Bertz CT molecular complexity index is 441. The van der Waals surface area contributed by atoms with Crippen LogP contribution in [0.25, 0.3) is 0 Å². The van der Waals surface area contributed by atoms with Gasteiger partial charge in [-0.3, -0.25) is 9.89 Å². The Kier molecular flexibility index (Phi) is 4.60. The molecule has 2 aliphatic heterocycles. The quantitative estimate of drug-likeness (QED) is 0.842. The number of hydrogen-bond donors (Lipinski definition) is 1. The van der Waals surface area contributed by atoms with Crippen molar-refractivity contribution in [3.05, 3.63) is 23.9 Å². The van der Waals surface area contributed by atoms with E-state index >= 15 is 0 Å². The van der Waals surface area contributed by atoms with Crippen LogP contribution in [0.5, 0.6) is 0 Å². The summed E-state index contributed by atoms with van der Waals surface area (Å²) in [6.45, 7) is 7.99. The minimum Gasteiger partial charge on any atom is -0.443 e. The summed E-state index contributed by atoms with van der Waals surface area (Å²) in [5, 5.41) is 3.32. The largest absolute Gasteiger partial charge is 0.443 e. The lowest BCUT2D eigenvalue weighted by Gasteiger charge is -2.25. The fraction of sp³-hybridized carbons (Fsp3) is 0.600. The van der Waals surface area contributed by atoms with Gasteiger partial charge >= 0.3 is 6.09 Å². The number of nitrogens with zero attached hydrogens (tertiary/aromatic N) is 2. The molecule has 0 aliphatic carbocycles. The third-order valence-corrected chi connectivity index (χ3v) is 3.07. The number of allylic oxidation sites excluding steroid dienone is 2. The minimum absolute atomic E-state index is 0.317. The molecule has 1 N–H and O–H groups in total. The fourth-order valence-electron chi connectivity index (χ4n) is 2.09. The third-order valence-electron chi connectivity index (χ3n) is 3.07. The first-order chi connectivity index (χ1) is 9.44. The molecule has 5 heteroatoms. The summed E-state index contributed by atoms with van der Waals surface area (Å²) in [4.78, 5) is 17.7. The Morgan fingerprint density at radius 3 is 3.00 bits per heavy atom. The van der Waals surface area contributed by atoms with Crippen LogP contribution < -0.4 is 5.32 Å². The summed E-state index contributed by atoms with van der Waals surface area (Å²) in [6.07, 6.45) is 8.59. The molecule has 20 heavy (non-hydrogen) atoms. The van der Waals surface area contributed by atoms with Crippen LogP contribution in [0.2, 0.25) is 0 Å². The molecule has 2 aliphatic rings. The number of amides is 1. The molecule has 0 aromatic carbocycles. The Morgan fingerprint density at radius 2 is 2.35 bits per heavy atom. The minimum atomic E-state index is -0.488.